The van der Waals surface area contributed by atoms with Crippen molar-refractivity contribution in [3.05, 3.63) is 53.6 Å². The lowest BCUT2D eigenvalue weighted by molar-refractivity contribution is 0.0596. The molecule has 0 atom stereocenters. The summed E-state index contributed by atoms with van der Waals surface area (Å²) in [5.74, 6) is 0.623. The standard InChI is InChI=1S/C26H33NO6S/c1-31-23-16-13-19(17-24(23)33-21-9-5-3-4-6-10-21)18-27(20-14-15-20)34(29,30)25-12-8-7-11-22(25)26(28)32-2/h7-8,11-13,16-17,20-21H,3-6,9-10,14-15,18H2,1-2H3. The molecule has 34 heavy (non-hydrogen) atoms. The molecular weight excluding hydrogens is 454 g/mol. The van der Waals surface area contributed by atoms with Gasteiger partial charge in [0.1, 0.15) is 0 Å². The Hall–Kier alpha value is -2.58. The van der Waals surface area contributed by atoms with Crippen molar-refractivity contribution in [1.29, 1.82) is 0 Å². The van der Waals surface area contributed by atoms with Gasteiger partial charge in [-0.25, -0.2) is 13.2 Å². The lowest BCUT2D eigenvalue weighted by Crippen LogP contribution is -2.33. The molecule has 0 N–H and O–H groups in total. The van der Waals surface area contributed by atoms with Crippen molar-refractivity contribution in [3.63, 3.8) is 0 Å². The van der Waals surface area contributed by atoms with Crippen molar-refractivity contribution in [2.24, 2.45) is 0 Å². The Morgan fingerprint density at radius 1 is 0.941 bits per heavy atom. The van der Waals surface area contributed by atoms with Crippen molar-refractivity contribution in [3.8, 4) is 11.5 Å². The molecule has 0 unspecified atom stereocenters. The molecule has 2 aromatic carbocycles. The molecule has 0 heterocycles. The van der Waals surface area contributed by atoms with Gasteiger partial charge in [-0.2, -0.15) is 4.31 Å². The highest BCUT2D eigenvalue weighted by Crippen LogP contribution is 2.37. The molecule has 0 spiro atoms. The number of benzene rings is 2. The van der Waals surface area contributed by atoms with Gasteiger partial charge >= 0.3 is 5.97 Å². The topological polar surface area (TPSA) is 82.1 Å². The van der Waals surface area contributed by atoms with Crippen LogP contribution in [-0.4, -0.2) is 45.1 Å². The van der Waals surface area contributed by atoms with Crippen LogP contribution in [0.25, 0.3) is 0 Å². The van der Waals surface area contributed by atoms with Crippen LogP contribution in [0.5, 0.6) is 11.5 Å². The highest BCUT2D eigenvalue weighted by molar-refractivity contribution is 7.89. The molecular formula is C26H33NO6S. The smallest absolute Gasteiger partial charge is 0.339 e. The average Bonchev–Trinajstić information content (AvgIpc) is 3.70. The van der Waals surface area contributed by atoms with E-state index in [0.29, 0.717) is 11.5 Å². The average molecular weight is 488 g/mol. The first kappa shape index (κ1) is 24.5. The molecule has 2 aliphatic rings. The van der Waals surface area contributed by atoms with Crippen LogP contribution in [0, 0.1) is 0 Å². The Bertz CT molecular complexity index is 1100. The number of methoxy groups -OCH3 is 2. The summed E-state index contributed by atoms with van der Waals surface area (Å²) in [6.45, 7) is 0.188. The first-order valence-electron chi connectivity index (χ1n) is 12.0. The zero-order chi connectivity index (χ0) is 24.1. The first-order valence-corrected chi connectivity index (χ1v) is 13.4. The summed E-state index contributed by atoms with van der Waals surface area (Å²) in [7, 11) is -1.06. The number of sulfonamides is 1. The summed E-state index contributed by atoms with van der Waals surface area (Å²) >= 11 is 0. The van der Waals surface area contributed by atoms with E-state index in [0.717, 1.165) is 44.1 Å². The Balaban J connectivity index is 1.62. The monoisotopic (exact) mass is 487 g/mol. The minimum Gasteiger partial charge on any atom is -0.493 e. The zero-order valence-corrected chi connectivity index (χ0v) is 20.7. The van der Waals surface area contributed by atoms with Crippen molar-refractivity contribution < 1.29 is 27.4 Å². The van der Waals surface area contributed by atoms with Gasteiger partial charge in [-0.15, -0.1) is 0 Å². The number of hydrogen-bond acceptors (Lipinski definition) is 6. The van der Waals surface area contributed by atoms with Gasteiger partial charge in [0.2, 0.25) is 10.0 Å². The highest BCUT2D eigenvalue weighted by Gasteiger charge is 2.39. The van der Waals surface area contributed by atoms with Crippen molar-refractivity contribution in [2.75, 3.05) is 14.2 Å². The number of carbonyl (C=O) groups is 1. The lowest BCUT2D eigenvalue weighted by atomic mass is 10.1. The number of esters is 1. The SMILES string of the molecule is COC(=O)c1ccccc1S(=O)(=O)N(Cc1ccc(OC)c(OC2CCCCCC2)c1)C1CC1. The molecule has 0 bridgehead atoms. The number of carbonyl (C=O) groups excluding carboxylic acids is 1. The molecule has 4 rings (SSSR count). The Morgan fingerprint density at radius 2 is 1.65 bits per heavy atom. The molecule has 2 saturated carbocycles. The highest BCUT2D eigenvalue weighted by atomic mass is 32.2. The summed E-state index contributed by atoms with van der Waals surface area (Å²) in [5.41, 5.74) is 0.859. The van der Waals surface area contributed by atoms with Crippen LogP contribution in [0.4, 0.5) is 0 Å². The zero-order valence-electron chi connectivity index (χ0n) is 19.9. The number of nitrogens with zero attached hydrogens (tertiary/aromatic N) is 1. The van der Waals surface area contributed by atoms with Gasteiger partial charge in [-0.05, 0) is 68.4 Å². The molecule has 8 heteroatoms. The minimum absolute atomic E-state index is 0.0304. The first-order chi connectivity index (χ1) is 16.4. The van der Waals surface area contributed by atoms with E-state index in [1.807, 2.05) is 18.2 Å². The van der Waals surface area contributed by atoms with Gasteiger partial charge in [0, 0.05) is 12.6 Å². The van der Waals surface area contributed by atoms with E-state index in [4.69, 9.17) is 14.2 Å². The van der Waals surface area contributed by atoms with E-state index in [-0.39, 0.29) is 29.1 Å². The van der Waals surface area contributed by atoms with E-state index in [1.54, 1.807) is 19.2 Å². The van der Waals surface area contributed by atoms with Gasteiger partial charge in [-0.3, -0.25) is 0 Å². The van der Waals surface area contributed by atoms with E-state index in [1.165, 1.54) is 36.4 Å². The number of ether oxygens (including phenoxy) is 3. The second-order valence-corrected chi connectivity index (χ2v) is 10.8. The summed E-state index contributed by atoms with van der Waals surface area (Å²) in [6, 6.07) is 11.7. The summed E-state index contributed by atoms with van der Waals surface area (Å²) in [5, 5.41) is 0. The summed E-state index contributed by atoms with van der Waals surface area (Å²) < 4.78 is 45.5. The van der Waals surface area contributed by atoms with Crippen LogP contribution >= 0.6 is 0 Å². The van der Waals surface area contributed by atoms with E-state index in [2.05, 4.69) is 0 Å². The van der Waals surface area contributed by atoms with Gasteiger partial charge in [0.15, 0.2) is 11.5 Å². The third kappa shape index (κ3) is 5.55. The molecule has 7 nitrogen and oxygen atoms in total. The quantitative estimate of drug-likeness (QED) is 0.368. The maximum absolute atomic E-state index is 13.7. The van der Waals surface area contributed by atoms with Crippen LogP contribution in [0.2, 0.25) is 0 Å². The fourth-order valence-electron chi connectivity index (χ4n) is 4.50. The van der Waals surface area contributed by atoms with Crippen molar-refractivity contribution in [1.82, 2.24) is 4.31 Å². The van der Waals surface area contributed by atoms with Crippen LogP contribution < -0.4 is 9.47 Å². The predicted octanol–water partition coefficient (Wildman–Crippen LogP) is 4.94. The molecule has 2 aliphatic carbocycles. The molecule has 0 aromatic heterocycles. The molecule has 2 aromatic rings. The molecule has 0 saturated heterocycles. The largest absolute Gasteiger partial charge is 0.493 e. The summed E-state index contributed by atoms with van der Waals surface area (Å²) in [4.78, 5) is 12.2. The molecule has 184 valence electrons. The van der Waals surface area contributed by atoms with E-state index in [9.17, 15) is 13.2 Å². The van der Waals surface area contributed by atoms with Gasteiger partial charge in [-0.1, -0.05) is 31.0 Å². The van der Waals surface area contributed by atoms with Gasteiger partial charge < -0.3 is 14.2 Å². The molecule has 2 fully saturated rings. The Labute approximate surface area is 202 Å². The van der Waals surface area contributed by atoms with E-state index < -0.39 is 16.0 Å². The van der Waals surface area contributed by atoms with Crippen LogP contribution in [0.3, 0.4) is 0 Å². The maximum atomic E-state index is 13.7. The fraction of sp³-hybridized carbons (Fsp3) is 0.500. The molecule has 0 aliphatic heterocycles. The fourth-order valence-corrected chi connectivity index (χ4v) is 6.35. The van der Waals surface area contributed by atoms with Crippen molar-refractivity contribution in [2.45, 2.75) is 75.0 Å². The van der Waals surface area contributed by atoms with Crippen LogP contribution in [0.15, 0.2) is 47.4 Å². The summed E-state index contributed by atoms with van der Waals surface area (Å²) in [6.07, 6.45) is 8.53. The number of rotatable bonds is 9. The molecule has 0 radical (unpaired) electrons. The minimum atomic E-state index is -3.92. The van der Waals surface area contributed by atoms with Crippen LogP contribution in [-0.2, 0) is 21.3 Å². The maximum Gasteiger partial charge on any atom is 0.339 e. The van der Waals surface area contributed by atoms with Gasteiger partial charge in [0.25, 0.3) is 0 Å². The third-order valence-corrected chi connectivity index (χ3v) is 8.45. The van der Waals surface area contributed by atoms with Crippen molar-refractivity contribution >= 4 is 16.0 Å². The second kappa shape index (κ2) is 10.8. The normalized spacial score (nSPS) is 17.3. The predicted molar refractivity (Wildman–Crippen MR) is 129 cm³/mol. The third-order valence-electron chi connectivity index (χ3n) is 6.50. The van der Waals surface area contributed by atoms with E-state index >= 15 is 0 Å². The van der Waals surface area contributed by atoms with Gasteiger partial charge in [0.05, 0.1) is 30.8 Å². The Morgan fingerprint density at radius 3 is 2.29 bits per heavy atom. The molecule has 0 amide bonds. The van der Waals surface area contributed by atoms with Crippen LogP contribution in [0.1, 0.15) is 67.3 Å². The second-order valence-electron chi connectivity index (χ2n) is 8.99. The lowest BCUT2D eigenvalue weighted by Gasteiger charge is -2.24. The number of hydrogen-bond donors (Lipinski definition) is 0. The Kier molecular flexibility index (Phi) is 7.78.